The zero-order valence-corrected chi connectivity index (χ0v) is 12.6. The SMILES string of the molecule is O=C(O)NC(CO)C(CC=Cc1ccccc1)(C(F)(F)F)C(F)(F)F. The predicted molar refractivity (Wildman–Crippen MR) is 76.7 cm³/mol. The van der Waals surface area contributed by atoms with E-state index in [0.29, 0.717) is 11.6 Å². The average molecular weight is 371 g/mol. The van der Waals surface area contributed by atoms with Gasteiger partial charge in [-0.2, -0.15) is 26.3 Å². The molecule has 0 fully saturated rings. The van der Waals surface area contributed by atoms with Crippen molar-refractivity contribution in [2.45, 2.75) is 24.8 Å². The van der Waals surface area contributed by atoms with Gasteiger partial charge in [-0.25, -0.2) is 4.79 Å². The van der Waals surface area contributed by atoms with E-state index in [0.717, 1.165) is 11.4 Å². The van der Waals surface area contributed by atoms with Crippen molar-refractivity contribution in [3.63, 3.8) is 0 Å². The van der Waals surface area contributed by atoms with Gasteiger partial charge in [-0.15, -0.1) is 0 Å². The highest BCUT2D eigenvalue weighted by Crippen LogP contribution is 2.55. The van der Waals surface area contributed by atoms with Crippen molar-refractivity contribution in [2.75, 3.05) is 6.61 Å². The van der Waals surface area contributed by atoms with Gasteiger partial charge < -0.3 is 15.5 Å². The Balaban J connectivity index is 3.34. The molecule has 0 saturated heterocycles. The lowest BCUT2D eigenvalue weighted by Crippen LogP contribution is -2.63. The Morgan fingerprint density at radius 1 is 1.08 bits per heavy atom. The molecule has 0 heterocycles. The smallest absolute Gasteiger partial charge is 0.405 e. The number of carbonyl (C=O) groups is 1. The number of aliphatic hydroxyl groups excluding tert-OH is 1. The molecule has 1 rings (SSSR count). The average Bonchev–Trinajstić information content (AvgIpc) is 2.48. The van der Waals surface area contributed by atoms with E-state index in [1.54, 1.807) is 18.2 Å². The third-order valence-corrected chi connectivity index (χ3v) is 3.64. The number of allylic oxidation sites excluding steroid dienone is 1. The van der Waals surface area contributed by atoms with Gasteiger partial charge in [0.2, 0.25) is 0 Å². The number of benzene rings is 1. The van der Waals surface area contributed by atoms with Crippen LogP contribution in [-0.4, -0.2) is 41.3 Å². The fraction of sp³-hybridized carbons (Fsp3) is 0.400. The summed E-state index contributed by atoms with van der Waals surface area (Å²) in [5.74, 6) is 0. The first-order valence-corrected chi connectivity index (χ1v) is 6.91. The van der Waals surface area contributed by atoms with Crippen molar-refractivity contribution in [1.29, 1.82) is 0 Å². The van der Waals surface area contributed by atoms with Gasteiger partial charge in [-0.3, -0.25) is 0 Å². The maximum atomic E-state index is 13.4. The topological polar surface area (TPSA) is 69.6 Å². The summed E-state index contributed by atoms with van der Waals surface area (Å²) in [4.78, 5) is 10.6. The number of alkyl halides is 6. The van der Waals surface area contributed by atoms with Crippen molar-refractivity contribution in [3.05, 3.63) is 42.0 Å². The zero-order chi connectivity index (χ0) is 19.3. The highest BCUT2D eigenvalue weighted by Gasteiger charge is 2.73. The van der Waals surface area contributed by atoms with Gasteiger partial charge >= 0.3 is 18.4 Å². The van der Waals surface area contributed by atoms with Gasteiger partial charge in [0.1, 0.15) is 0 Å². The Bertz CT molecular complexity index is 584. The number of hydrogen-bond acceptors (Lipinski definition) is 2. The Kier molecular flexibility index (Phi) is 6.47. The molecular weight excluding hydrogens is 356 g/mol. The first-order valence-electron chi connectivity index (χ1n) is 6.91. The molecule has 1 unspecified atom stereocenters. The molecule has 0 radical (unpaired) electrons. The third kappa shape index (κ3) is 4.65. The van der Waals surface area contributed by atoms with Gasteiger partial charge in [0.25, 0.3) is 0 Å². The number of hydrogen-bond donors (Lipinski definition) is 3. The summed E-state index contributed by atoms with van der Waals surface area (Å²) in [6, 6.07) is 4.83. The van der Waals surface area contributed by atoms with Gasteiger partial charge in [-0.1, -0.05) is 42.5 Å². The molecule has 1 amide bonds. The first-order chi connectivity index (χ1) is 11.5. The normalized spacial score (nSPS) is 14.5. The molecule has 10 heteroatoms. The van der Waals surface area contributed by atoms with Crippen LogP contribution in [0, 0.1) is 5.41 Å². The molecule has 1 aromatic carbocycles. The van der Waals surface area contributed by atoms with Gasteiger partial charge in [0, 0.05) is 0 Å². The summed E-state index contributed by atoms with van der Waals surface area (Å²) in [5, 5.41) is 18.7. The minimum absolute atomic E-state index is 0.368. The van der Waals surface area contributed by atoms with E-state index in [4.69, 9.17) is 10.2 Å². The second kappa shape index (κ2) is 7.77. The first kappa shape index (κ1) is 20.8. The summed E-state index contributed by atoms with van der Waals surface area (Å²) in [7, 11) is 0. The maximum Gasteiger partial charge on any atom is 0.405 e. The molecule has 0 bridgehead atoms. The molecule has 0 aliphatic heterocycles. The molecule has 140 valence electrons. The van der Waals surface area contributed by atoms with Crippen molar-refractivity contribution in [3.8, 4) is 0 Å². The molecule has 0 saturated carbocycles. The molecule has 4 nitrogen and oxygen atoms in total. The van der Waals surface area contributed by atoms with Crippen LogP contribution in [0.3, 0.4) is 0 Å². The van der Waals surface area contributed by atoms with Crippen LogP contribution in [0.5, 0.6) is 0 Å². The lowest BCUT2D eigenvalue weighted by Gasteiger charge is -2.41. The van der Waals surface area contributed by atoms with Crippen molar-refractivity contribution >= 4 is 12.2 Å². The van der Waals surface area contributed by atoms with Crippen LogP contribution in [0.2, 0.25) is 0 Å². The monoisotopic (exact) mass is 371 g/mol. The Morgan fingerprint density at radius 2 is 1.60 bits per heavy atom. The second-order valence-electron chi connectivity index (χ2n) is 5.17. The molecule has 1 aromatic rings. The number of nitrogens with one attached hydrogen (secondary N) is 1. The highest BCUT2D eigenvalue weighted by molar-refractivity contribution is 5.65. The minimum atomic E-state index is -5.86. The number of rotatable bonds is 6. The standard InChI is InChI=1S/C15H15F6NO3/c16-14(17,18)13(15(19,20)21,11(9-23)22-12(24)25)8-4-7-10-5-2-1-3-6-10/h1-7,11,22-23H,8-9H2,(H,24,25). The van der Waals surface area contributed by atoms with E-state index in [2.05, 4.69) is 0 Å². The lowest BCUT2D eigenvalue weighted by atomic mass is 9.75. The van der Waals surface area contributed by atoms with Crippen molar-refractivity contribution < 1.29 is 41.4 Å². The quantitative estimate of drug-likeness (QED) is 0.666. The van der Waals surface area contributed by atoms with E-state index < -0.39 is 42.9 Å². The van der Waals surface area contributed by atoms with Gasteiger partial charge in [0.05, 0.1) is 12.6 Å². The number of amides is 1. The Morgan fingerprint density at radius 3 is 2.00 bits per heavy atom. The lowest BCUT2D eigenvalue weighted by molar-refractivity contribution is -0.350. The van der Waals surface area contributed by atoms with E-state index in [1.165, 1.54) is 12.1 Å². The number of carboxylic acid groups (broad SMARTS) is 1. The molecule has 0 aliphatic carbocycles. The summed E-state index contributed by atoms with van der Waals surface area (Å²) < 4.78 is 80.3. The van der Waals surface area contributed by atoms with Crippen LogP contribution >= 0.6 is 0 Å². The third-order valence-electron chi connectivity index (χ3n) is 3.64. The molecule has 1 atom stereocenters. The predicted octanol–water partition coefficient (Wildman–Crippen LogP) is 3.83. The Hall–Kier alpha value is -2.23. The van der Waals surface area contributed by atoms with E-state index in [9.17, 15) is 31.1 Å². The molecule has 0 spiro atoms. The van der Waals surface area contributed by atoms with Crippen LogP contribution in [0.25, 0.3) is 6.08 Å². The molecule has 0 aliphatic rings. The van der Waals surface area contributed by atoms with Crippen LogP contribution in [0.1, 0.15) is 12.0 Å². The number of halogens is 6. The largest absolute Gasteiger partial charge is 0.465 e. The number of aliphatic hydroxyl groups is 1. The van der Waals surface area contributed by atoms with Crippen molar-refractivity contribution in [2.24, 2.45) is 5.41 Å². The van der Waals surface area contributed by atoms with E-state index in [-0.39, 0.29) is 0 Å². The van der Waals surface area contributed by atoms with Crippen LogP contribution < -0.4 is 5.32 Å². The van der Waals surface area contributed by atoms with Gasteiger partial charge in [-0.05, 0) is 12.0 Å². The van der Waals surface area contributed by atoms with E-state index in [1.807, 2.05) is 0 Å². The van der Waals surface area contributed by atoms with Crippen LogP contribution in [0.4, 0.5) is 31.1 Å². The van der Waals surface area contributed by atoms with Crippen LogP contribution in [0.15, 0.2) is 36.4 Å². The fourth-order valence-electron chi connectivity index (χ4n) is 2.35. The molecule has 3 N–H and O–H groups in total. The zero-order valence-electron chi connectivity index (χ0n) is 12.6. The summed E-state index contributed by atoms with van der Waals surface area (Å²) in [6.45, 7) is -1.68. The Labute approximate surface area is 138 Å². The molecule has 25 heavy (non-hydrogen) atoms. The van der Waals surface area contributed by atoms with Gasteiger partial charge in [0.15, 0.2) is 5.41 Å². The molecule has 0 aromatic heterocycles. The van der Waals surface area contributed by atoms with Crippen molar-refractivity contribution in [1.82, 2.24) is 5.32 Å². The fourth-order valence-corrected chi connectivity index (χ4v) is 2.35. The highest BCUT2D eigenvalue weighted by atomic mass is 19.4. The molecular formula is C15H15F6NO3. The second-order valence-corrected chi connectivity index (χ2v) is 5.17. The summed E-state index contributed by atoms with van der Waals surface area (Å²) in [5.41, 5.74) is -4.11. The van der Waals surface area contributed by atoms with Crippen LogP contribution in [-0.2, 0) is 0 Å². The maximum absolute atomic E-state index is 13.4. The summed E-state index contributed by atoms with van der Waals surface area (Å²) >= 11 is 0. The van der Waals surface area contributed by atoms with E-state index >= 15 is 0 Å². The minimum Gasteiger partial charge on any atom is -0.465 e. The summed E-state index contributed by atoms with van der Waals surface area (Å²) in [6.07, 6.45) is -13.7.